The molecule has 1 N–H and O–H groups in total. The van der Waals surface area contributed by atoms with E-state index in [2.05, 4.69) is 4.74 Å². The number of carbonyl (C=O) groups is 1. The first-order valence-corrected chi connectivity index (χ1v) is 7.33. The molecule has 0 saturated carbocycles. The molecule has 104 valence electrons. The smallest absolute Gasteiger partial charge is 0.450 e. The Kier molecular flexibility index (Phi) is 3.77. The van der Waals surface area contributed by atoms with Crippen molar-refractivity contribution in [1.29, 1.82) is 0 Å². The van der Waals surface area contributed by atoms with Crippen LogP contribution in [-0.2, 0) is 14.8 Å². The number of carboxylic acid groups (broad SMARTS) is 1. The van der Waals surface area contributed by atoms with Gasteiger partial charge in [-0.3, -0.25) is 0 Å². The Morgan fingerprint density at radius 1 is 1.37 bits per heavy atom. The molecule has 1 heterocycles. The Morgan fingerprint density at radius 3 is 2.58 bits per heavy atom. The van der Waals surface area contributed by atoms with E-state index in [1.807, 2.05) is 6.92 Å². The molecule has 1 aromatic carbocycles. The van der Waals surface area contributed by atoms with E-state index >= 15 is 0 Å². The molecule has 19 heavy (non-hydrogen) atoms. The van der Waals surface area contributed by atoms with Crippen molar-refractivity contribution in [2.24, 2.45) is 0 Å². The molecule has 1 fully saturated rings. The van der Waals surface area contributed by atoms with Crippen molar-refractivity contribution in [3.63, 3.8) is 0 Å². The monoisotopic (exact) mass is 285 g/mol. The zero-order valence-corrected chi connectivity index (χ0v) is 11.3. The van der Waals surface area contributed by atoms with Crippen molar-refractivity contribution < 1.29 is 23.1 Å². The highest BCUT2D eigenvalue weighted by molar-refractivity contribution is 7.89. The maximum atomic E-state index is 12.4. The van der Waals surface area contributed by atoms with E-state index in [0.29, 0.717) is 12.8 Å². The van der Waals surface area contributed by atoms with Crippen LogP contribution in [0.1, 0.15) is 18.4 Å². The highest BCUT2D eigenvalue weighted by atomic mass is 32.2. The van der Waals surface area contributed by atoms with Gasteiger partial charge in [-0.15, -0.1) is 0 Å². The molecule has 1 atom stereocenters. The fourth-order valence-corrected chi connectivity index (χ4v) is 3.64. The van der Waals surface area contributed by atoms with Crippen molar-refractivity contribution in [2.45, 2.75) is 30.9 Å². The summed E-state index contributed by atoms with van der Waals surface area (Å²) in [5, 5.41) is 8.62. The van der Waals surface area contributed by atoms with Crippen LogP contribution in [0.5, 0.6) is 0 Å². The quantitative estimate of drug-likeness (QED) is 0.856. The van der Waals surface area contributed by atoms with E-state index in [9.17, 15) is 13.2 Å². The molecule has 6 nitrogen and oxygen atoms in total. The summed E-state index contributed by atoms with van der Waals surface area (Å²) in [5.41, 5.74) is 0.957. The van der Waals surface area contributed by atoms with Crippen LogP contribution in [0, 0.1) is 6.92 Å². The fourth-order valence-electron chi connectivity index (χ4n) is 2.06. The first kappa shape index (κ1) is 13.8. The molecule has 1 aliphatic heterocycles. The van der Waals surface area contributed by atoms with Crippen molar-refractivity contribution in [2.75, 3.05) is 6.54 Å². The van der Waals surface area contributed by atoms with Crippen LogP contribution in [0.25, 0.3) is 0 Å². The highest BCUT2D eigenvalue weighted by Crippen LogP contribution is 2.26. The second kappa shape index (κ2) is 5.18. The van der Waals surface area contributed by atoms with Crippen LogP contribution in [0.15, 0.2) is 29.2 Å². The zero-order chi connectivity index (χ0) is 14.0. The second-order valence-electron chi connectivity index (χ2n) is 4.41. The average Bonchev–Trinajstić information content (AvgIpc) is 2.77. The number of sulfonamides is 1. The van der Waals surface area contributed by atoms with Crippen molar-refractivity contribution in [3.8, 4) is 0 Å². The molecule has 2 rings (SSSR count). The fraction of sp³-hybridized carbons (Fsp3) is 0.417. The Hall–Kier alpha value is -1.60. The van der Waals surface area contributed by atoms with Gasteiger partial charge in [0.1, 0.15) is 0 Å². The summed E-state index contributed by atoms with van der Waals surface area (Å²) in [5.74, 6) is 0. The third-order valence-electron chi connectivity index (χ3n) is 3.02. The van der Waals surface area contributed by atoms with Gasteiger partial charge in [-0.1, -0.05) is 17.7 Å². The zero-order valence-electron chi connectivity index (χ0n) is 10.4. The lowest BCUT2D eigenvalue weighted by atomic mass is 10.2. The minimum absolute atomic E-state index is 0.152. The van der Waals surface area contributed by atoms with Crippen molar-refractivity contribution in [3.05, 3.63) is 29.8 Å². The van der Waals surface area contributed by atoms with Gasteiger partial charge >= 0.3 is 6.16 Å². The molecule has 7 heteroatoms. The lowest BCUT2D eigenvalue weighted by molar-refractivity contribution is 0.0170. The maximum absolute atomic E-state index is 12.4. The maximum Gasteiger partial charge on any atom is 0.507 e. The van der Waals surface area contributed by atoms with Crippen LogP contribution in [0.3, 0.4) is 0 Å². The summed E-state index contributed by atoms with van der Waals surface area (Å²) in [4.78, 5) is 10.7. The van der Waals surface area contributed by atoms with Gasteiger partial charge in [0.15, 0.2) is 6.23 Å². The van der Waals surface area contributed by atoms with E-state index in [-0.39, 0.29) is 11.4 Å². The van der Waals surface area contributed by atoms with Gasteiger partial charge in [0, 0.05) is 13.0 Å². The Balaban J connectivity index is 2.28. The highest BCUT2D eigenvalue weighted by Gasteiger charge is 2.37. The molecule has 0 aliphatic carbocycles. The van der Waals surface area contributed by atoms with Gasteiger partial charge in [0.2, 0.25) is 10.0 Å². The number of rotatable bonds is 3. The second-order valence-corrected chi connectivity index (χ2v) is 6.30. The molecule has 1 saturated heterocycles. The van der Waals surface area contributed by atoms with E-state index in [4.69, 9.17) is 5.11 Å². The Bertz CT molecular complexity index is 566. The molecule has 0 bridgehead atoms. The minimum Gasteiger partial charge on any atom is -0.450 e. The third-order valence-corrected chi connectivity index (χ3v) is 4.92. The van der Waals surface area contributed by atoms with Crippen LogP contribution >= 0.6 is 0 Å². The molecule has 0 aromatic heterocycles. The summed E-state index contributed by atoms with van der Waals surface area (Å²) < 4.78 is 30.5. The number of nitrogens with zero attached hydrogens (tertiary/aromatic N) is 1. The molecular weight excluding hydrogens is 270 g/mol. The molecule has 1 aliphatic rings. The van der Waals surface area contributed by atoms with Gasteiger partial charge in [0.25, 0.3) is 0 Å². The number of hydrogen-bond donors (Lipinski definition) is 1. The lowest BCUT2D eigenvalue weighted by Gasteiger charge is -2.22. The van der Waals surface area contributed by atoms with Gasteiger partial charge in [-0.25, -0.2) is 13.2 Å². The van der Waals surface area contributed by atoms with Crippen LogP contribution in [-0.4, -0.2) is 36.8 Å². The standard InChI is InChI=1S/C12H15NO5S/c1-9-4-6-10(7-5-9)19(16,17)13-8-2-3-11(13)18-12(14)15/h4-7,11H,2-3,8H2,1H3,(H,14,15)/t11-/m0/s1. The van der Waals surface area contributed by atoms with E-state index in [0.717, 1.165) is 9.87 Å². The molecule has 1 aromatic rings. The topological polar surface area (TPSA) is 83.9 Å². The van der Waals surface area contributed by atoms with Crippen molar-refractivity contribution >= 4 is 16.2 Å². The number of aryl methyl sites for hydroxylation is 1. The molecule has 0 spiro atoms. The summed E-state index contributed by atoms with van der Waals surface area (Å²) in [6, 6.07) is 6.44. The molecule has 0 unspecified atom stereocenters. The van der Waals surface area contributed by atoms with Gasteiger partial charge in [0.05, 0.1) is 4.90 Å². The number of hydrogen-bond acceptors (Lipinski definition) is 4. The Labute approximate surface area is 111 Å². The van der Waals surface area contributed by atoms with E-state index in [1.165, 1.54) is 12.1 Å². The largest absolute Gasteiger partial charge is 0.507 e. The van der Waals surface area contributed by atoms with Gasteiger partial charge in [-0.2, -0.15) is 4.31 Å². The predicted octanol–water partition coefficient (Wildman–Crippen LogP) is 1.80. The molecular formula is C12H15NO5S. The summed E-state index contributed by atoms with van der Waals surface area (Å²) in [7, 11) is -3.71. The number of ether oxygens (including phenoxy) is 1. The predicted molar refractivity (Wildman–Crippen MR) is 67.2 cm³/mol. The third kappa shape index (κ3) is 2.87. The Morgan fingerprint density at radius 2 is 2.00 bits per heavy atom. The first-order valence-electron chi connectivity index (χ1n) is 5.89. The van der Waals surface area contributed by atoms with Gasteiger partial charge < -0.3 is 9.84 Å². The summed E-state index contributed by atoms with van der Waals surface area (Å²) in [6.45, 7) is 2.14. The normalized spacial score (nSPS) is 20.4. The first-order chi connectivity index (χ1) is 8.91. The average molecular weight is 285 g/mol. The van der Waals surface area contributed by atoms with E-state index < -0.39 is 22.4 Å². The minimum atomic E-state index is -3.71. The molecule has 0 radical (unpaired) electrons. The van der Waals surface area contributed by atoms with Crippen LogP contribution in [0.2, 0.25) is 0 Å². The molecule has 0 amide bonds. The SMILES string of the molecule is Cc1ccc(S(=O)(=O)N2CCC[C@@H]2OC(=O)O)cc1. The number of benzene rings is 1. The van der Waals surface area contributed by atoms with E-state index in [1.54, 1.807) is 12.1 Å². The lowest BCUT2D eigenvalue weighted by Crippen LogP contribution is -2.38. The summed E-state index contributed by atoms with van der Waals surface area (Å²) in [6.07, 6.45) is -1.42. The van der Waals surface area contributed by atoms with Gasteiger partial charge in [-0.05, 0) is 25.5 Å². The van der Waals surface area contributed by atoms with Crippen LogP contribution < -0.4 is 0 Å². The van der Waals surface area contributed by atoms with Crippen molar-refractivity contribution in [1.82, 2.24) is 4.31 Å². The van der Waals surface area contributed by atoms with Crippen LogP contribution in [0.4, 0.5) is 4.79 Å². The summed E-state index contributed by atoms with van der Waals surface area (Å²) >= 11 is 0.